The number of hydrogen-bond acceptors (Lipinski definition) is 8. The monoisotopic (exact) mass is 355 g/mol. The van der Waals surface area contributed by atoms with Crippen LogP contribution in [0.2, 0.25) is 0 Å². The predicted octanol–water partition coefficient (Wildman–Crippen LogP) is 2.63. The van der Waals surface area contributed by atoms with Crippen LogP contribution in [-0.2, 0) is 0 Å². The van der Waals surface area contributed by atoms with E-state index in [4.69, 9.17) is 0 Å². The number of aromatic nitrogens is 4. The van der Waals surface area contributed by atoms with E-state index in [-0.39, 0.29) is 0 Å². The number of anilines is 3. The Hall–Kier alpha value is -2.48. The summed E-state index contributed by atoms with van der Waals surface area (Å²) in [5.41, 5.74) is 0. The van der Waals surface area contributed by atoms with Gasteiger partial charge in [-0.05, 0) is 24.3 Å². The standard InChI is InChI=1S/C17H21N7S/c1-23(2)15-9-14(18-10-19-15)22-12-3-6-24(7-4-12)16-13-5-8-25-17(13)21-11-20-16/h5,8-12H,3-4,6-7H2,1-2H3,(H,18,19,22). The van der Waals surface area contributed by atoms with Crippen LogP contribution in [0.3, 0.4) is 0 Å². The highest BCUT2D eigenvalue weighted by atomic mass is 32.1. The maximum atomic E-state index is 4.52. The summed E-state index contributed by atoms with van der Waals surface area (Å²) in [4.78, 5) is 22.9. The quantitative estimate of drug-likeness (QED) is 0.771. The van der Waals surface area contributed by atoms with E-state index in [1.54, 1.807) is 24.0 Å². The van der Waals surface area contributed by atoms with Crippen LogP contribution in [0.5, 0.6) is 0 Å². The summed E-state index contributed by atoms with van der Waals surface area (Å²) in [6, 6.07) is 4.52. The molecule has 0 amide bonds. The zero-order chi connectivity index (χ0) is 17.2. The highest BCUT2D eigenvalue weighted by molar-refractivity contribution is 7.16. The van der Waals surface area contributed by atoms with Gasteiger partial charge in [-0.2, -0.15) is 0 Å². The van der Waals surface area contributed by atoms with Crippen LogP contribution in [0.4, 0.5) is 17.5 Å². The molecule has 3 aromatic heterocycles. The van der Waals surface area contributed by atoms with E-state index < -0.39 is 0 Å². The number of fused-ring (bicyclic) bond motifs is 1. The Bertz CT molecular complexity index is 855. The van der Waals surface area contributed by atoms with Crippen molar-refractivity contribution < 1.29 is 0 Å². The molecule has 4 heterocycles. The average molecular weight is 355 g/mol. The van der Waals surface area contributed by atoms with Gasteiger partial charge in [0.15, 0.2) is 0 Å². The van der Waals surface area contributed by atoms with Gasteiger partial charge in [0, 0.05) is 39.3 Å². The van der Waals surface area contributed by atoms with Gasteiger partial charge < -0.3 is 15.1 Å². The molecule has 8 heteroatoms. The molecular formula is C17H21N7S. The van der Waals surface area contributed by atoms with Crippen LogP contribution in [0.1, 0.15) is 12.8 Å². The first-order chi connectivity index (χ1) is 12.2. The molecule has 0 unspecified atom stereocenters. The van der Waals surface area contributed by atoms with Gasteiger partial charge in [0.05, 0.1) is 5.39 Å². The minimum Gasteiger partial charge on any atom is -0.367 e. The summed E-state index contributed by atoms with van der Waals surface area (Å²) in [6.07, 6.45) is 5.39. The lowest BCUT2D eigenvalue weighted by Crippen LogP contribution is -2.39. The van der Waals surface area contributed by atoms with E-state index in [1.807, 2.05) is 25.1 Å². The molecule has 1 saturated heterocycles. The molecule has 3 aromatic rings. The SMILES string of the molecule is CN(C)c1cc(NC2CCN(c3ncnc4sccc34)CC2)ncn1. The zero-order valence-corrected chi connectivity index (χ0v) is 15.2. The zero-order valence-electron chi connectivity index (χ0n) is 14.4. The molecule has 0 spiro atoms. The summed E-state index contributed by atoms with van der Waals surface area (Å²) < 4.78 is 0. The van der Waals surface area contributed by atoms with Crippen molar-refractivity contribution in [2.75, 3.05) is 42.3 Å². The van der Waals surface area contributed by atoms with Crippen molar-refractivity contribution in [2.24, 2.45) is 0 Å². The molecular weight excluding hydrogens is 334 g/mol. The Morgan fingerprint density at radius 3 is 2.72 bits per heavy atom. The smallest absolute Gasteiger partial charge is 0.140 e. The van der Waals surface area contributed by atoms with Gasteiger partial charge in [0.1, 0.15) is 34.9 Å². The topological polar surface area (TPSA) is 70.1 Å². The lowest BCUT2D eigenvalue weighted by Gasteiger charge is -2.33. The fourth-order valence-corrected chi connectivity index (χ4v) is 3.87. The summed E-state index contributed by atoms with van der Waals surface area (Å²) in [5, 5.41) is 6.78. The van der Waals surface area contributed by atoms with Crippen LogP contribution in [0.15, 0.2) is 30.2 Å². The van der Waals surface area contributed by atoms with Gasteiger partial charge in [-0.25, -0.2) is 19.9 Å². The lowest BCUT2D eigenvalue weighted by atomic mass is 10.0. The molecule has 1 aliphatic heterocycles. The van der Waals surface area contributed by atoms with Gasteiger partial charge in [0.2, 0.25) is 0 Å². The van der Waals surface area contributed by atoms with Crippen LogP contribution in [0, 0.1) is 0 Å². The van der Waals surface area contributed by atoms with Crippen LogP contribution in [0.25, 0.3) is 10.2 Å². The maximum Gasteiger partial charge on any atom is 0.140 e. The largest absolute Gasteiger partial charge is 0.367 e. The van der Waals surface area contributed by atoms with E-state index in [0.717, 1.165) is 53.6 Å². The molecule has 0 aromatic carbocycles. The summed E-state index contributed by atoms with van der Waals surface area (Å²) in [6.45, 7) is 1.95. The molecule has 7 nitrogen and oxygen atoms in total. The first-order valence-electron chi connectivity index (χ1n) is 8.40. The summed E-state index contributed by atoms with van der Waals surface area (Å²) in [5.74, 6) is 2.86. The molecule has 0 radical (unpaired) electrons. The molecule has 0 aliphatic carbocycles. The number of nitrogens with zero attached hydrogens (tertiary/aromatic N) is 6. The van der Waals surface area contributed by atoms with E-state index in [9.17, 15) is 0 Å². The van der Waals surface area contributed by atoms with Crippen molar-refractivity contribution in [3.05, 3.63) is 30.2 Å². The number of rotatable bonds is 4. The Kier molecular flexibility index (Phi) is 4.35. The predicted molar refractivity (Wildman–Crippen MR) is 103 cm³/mol. The van der Waals surface area contributed by atoms with Crippen LogP contribution in [-0.4, -0.2) is 53.2 Å². The molecule has 0 bridgehead atoms. The minimum atomic E-state index is 0.418. The molecule has 4 rings (SSSR count). The average Bonchev–Trinajstić information content (AvgIpc) is 3.11. The van der Waals surface area contributed by atoms with Crippen molar-refractivity contribution >= 4 is 39.0 Å². The van der Waals surface area contributed by atoms with Crippen molar-refractivity contribution in [1.82, 2.24) is 19.9 Å². The molecule has 1 fully saturated rings. The second kappa shape index (κ2) is 6.79. The highest BCUT2D eigenvalue weighted by Crippen LogP contribution is 2.29. The lowest BCUT2D eigenvalue weighted by molar-refractivity contribution is 0.523. The van der Waals surface area contributed by atoms with Crippen molar-refractivity contribution in [2.45, 2.75) is 18.9 Å². The third-order valence-electron chi connectivity index (χ3n) is 4.50. The fourth-order valence-electron chi connectivity index (χ4n) is 3.14. The molecule has 1 N–H and O–H groups in total. The molecule has 0 atom stereocenters. The van der Waals surface area contributed by atoms with Crippen LogP contribution < -0.4 is 15.1 Å². The molecule has 1 aliphatic rings. The van der Waals surface area contributed by atoms with E-state index in [2.05, 4.69) is 41.6 Å². The number of nitrogens with one attached hydrogen (secondary N) is 1. The first-order valence-corrected chi connectivity index (χ1v) is 9.28. The Morgan fingerprint density at radius 2 is 1.92 bits per heavy atom. The van der Waals surface area contributed by atoms with Gasteiger partial charge in [-0.1, -0.05) is 0 Å². The Labute approximate surface area is 150 Å². The molecule has 0 saturated carbocycles. The van der Waals surface area contributed by atoms with Gasteiger partial charge in [-0.3, -0.25) is 0 Å². The van der Waals surface area contributed by atoms with E-state index in [1.165, 1.54) is 0 Å². The normalized spacial score (nSPS) is 15.5. The van der Waals surface area contributed by atoms with Gasteiger partial charge in [-0.15, -0.1) is 11.3 Å². The van der Waals surface area contributed by atoms with Crippen LogP contribution >= 0.6 is 11.3 Å². The van der Waals surface area contributed by atoms with E-state index in [0.29, 0.717) is 6.04 Å². The van der Waals surface area contributed by atoms with Crippen molar-refractivity contribution in [3.8, 4) is 0 Å². The van der Waals surface area contributed by atoms with E-state index >= 15 is 0 Å². The van der Waals surface area contributed by atoms with Gasteiger partial charge >= 0.3 is 0 Å². The highest BCUT2D eigenvalue weighted by Gasteiger charge is 2.22. The van der Waals surface area contributed by atoms with Crippen molar-refractivity contribution in [3.63, 3.8) is 0 Å². The number of hydrogen-bond donors (Lipinski definition) is 1. The Morgan fingerprint density at radius 1 is 1.12 bits per heavy atom. The summed E-state index contributed by atoms with van der Waals surface area (Å²) in [7, 11) is 3.97. The number of piperidine rings is 1. The Balaban J connectivity index is 1.42. The third-order valence-corrected chi connectivity index (χ3v) is 5.32. The third kappa shape index (κ3) is 3.34. The second-order valence-electron chi connectivity index (χ2n) is 6.40. The van der Waals surface area contributed by atoms with Crippen molar-refractivity contribution in [1.29, 1.82) is 0 Å². The molecule has 130 valence electrons. The second-order valence-corrected chi connectivity index (χ2v) is 7.29. The minimum absolute atomic E-state index is 0.418. The number of thiophene rings is 1. The summed E-state index contributed by atoms with van der Waals surface area (Å²) >= 11 is 1.66. The maximum absolute atomic E-state index is 4.52. The fraction of sp³-hybridized carbons (Fsp3) is 0.412. The van der Waals surface area contributed by atoms with Gasteiger partial charge in [0.25, 0.3) is 0 Å². The first kappa shape index (κ1) is 16.0. The molecule has 25 heavy (non-hydrogen) atoms.